The lowest BCUT2D eigenvalue weighted by Gasteiger charge is -2.72. The molecular formula is C44H65NO3. The van der Waals surface area contributed by atoms with E-state index in [2.05, 4.69) is 72.9 Å². The normalized spacial score (nSPS) is 39.9. The van der Waals surface area contributed by atoms with Crippen LogP contribution in [0, 0.1) is 56.7 Å². The lowest BCUT2D eigenvalue weighted by molar-refractivity contribution is -0.224. The maximum atomic E-state index is 14.5. The molecule has 1 N–H and O–H groups in total. The van der Waals surface area contributed by atoms with Gasteiger partial charge in [0.15, 0.2) is 0 Å². The predicted octanol–water partition coefficient (Wildman–Crippen LogP) is 10.7. The van der Waals surface area contributed by atoms with E-state index < -0.39 is 5.97 Å². The third-order valence-electron chi connectivity index (χ3n) is 16.4. The number of carboxylic acid groups (broad SMARTS) is 1. The standard InChI is InChI=1S/C44H65NO3/c1-10-45(11-2)28-12-13-37(46)44-25-20-32(29(3)4)38(44)34-18-19-36-41(7)23-21-33(30-14-16-31(17-15-30)39(47)48)40(5,6)35(41)22-24-43(36,9)42(34,8)26-27-44/h14-17,21,32,34-36,38H,3,10-13,18-20,22-28H2,1-2,4-9H3,(H,47,48)/t32-,34+,35-,36+,38+,41-,42+,43+,44+/m0/s1. The van der Waals surface area contributed by atoms with E-state index in [0.717, 1.165) is 58.2 Å². The molecule has 6 rings (SSSR count). The number of benzene rings is 1. The molecule has 0 aromatic heterocycles. The van der Waals surface area contributed by atoms with Crippen LogP contribution in [0.4, 0.5) is 0 Å². The minimum Gasteiger partial charge on any atom is -0.478 e. The summed E-state index contributed by atoms with van der Waals surface area (Å²) < 4.78 is 0. The summed E-state index contributed by atoms with van der Waals surface area (Å²) in [4.78, 5) is 28.5. The van der Waals surface area contributed by atoms with Gasteiger partial charge in [-0.3, -0.25) is 4.79 Å². The first kappa shape index (κ1) is 35.6. The summed E-state index contributed by atoms with van der Waals surface area (Å²) in [6, 6.07) is 7.58. The third kappa shape index (κ3) is 5.15. The molecule has 0 saturated heterocycles. The van der Waals surface area contributed by atoms with Gasteiger partial charge in [-0.1, -0.05) is 78.8 Å². The Labute approximate surface area is 292 Å². The van der Waals surface area contributed by atoms with Crippen molar-refractivity contribution < 1.29 is 14.7 Å². The van der Waals surface area contributed by atoms with Gasteiger partial charge >= 0.3 is 5.97 Å². The second kappa shape index (κ2) is 12.5. The number of carboxylic acids is 1. The molecule has 5 aliphatic carbocycles. The lowest BCUT2D eigenvalue weighted by atomic mass is 9.32. The zero-order valence-corrected chi connectivity index (χ0v) is 31.6. The quantitative estimate of drug-likeness (QED) is 0.255. The van der Waals surface area contributed by atoms with Gasteiger partial charge in [0.05, 0.1) is 5.56 Å². The van der Waals surface area contributed by atoms with Crippen LogP contribution in [-0.2, 0) is 4.79 Å². The minimum atomic E-state index is -0.867. The van der Waals surface area contributed by atoms with Gasteiger partial charge in [-0.15, -0.1) is 0 Å². The van der Waals surface area contributed by atoms with Crippen molar-refractivity contribution in [3.8, 4) is 0 Å². The van der Waals surface area contributed by atoms with Crippen LogP contribution >= 0.6 is 0 Å². The van der Waals surface area contributed by atoms with E-state index in [1.165, 1.54) is 48.8 Å². The minimum absolute atomic E-state index is 0.00654. The second-order valence-corrected chi connectivity index (χ2v) is 18.3. The number of rotatable bonds is 10. The highest BCUT2D eigenvalue weighted by atomic mass is 16.4. The number of hydrogen-bond acceptors (Lipinski definition) is 3. The first-order valence-corrected chi connectivity index (χ1v) is 19.6. The van der Waals surface area contributed by atoms with Crippen LogP contribution in [-0.4, -0.2) is 41.4 Å². The molecule has 264 valence electrons. The van der Waals surface area contributed by atoms with Crippen molar-refractivity contribution in [1.29, 1.82) is 0 Å². The number of aromatic carboxylic acids is 1. The molecule has 1 aromatic carbocycles. The Hall–Kier alpha value is -2.20. The number of hydrogen-bond donors (Lipinski definition) is 1. The number of carbonyl (C=O) groups is 2. The van der Waals surface area contributed by atoms with E-state index >= 15 is 0 Å². The van der Waals surface area contributed by atoms with Gasteiger partial charge in [0.1, 0.15) is 5.78 Å². The van der Waals surface area contributed by atoms with Crippen LogP contribution in [0.15, 0.2) is 42.5 Å². The monoisotopic (exact) mass is 655 g/mol. The van der Waals surface area contributed by atoms with Crippen LogP contribution in [0.5, 0.6) is 0 Å². The smallest absolute Gasteiger partial charge is 0.335 e. The summed E-state index contributed by atoms with van der Waals surface area (Å²) in [6.07, 6.45) is 14.8. The maximum Gasteiger partial charge on any atom is 0.335 e. The van der Waals surface area contributed by atoms with Crippen molar-refractivity contribution in [2.24, 2.45) is 56.7 Å². The molecule has 0 unspecified atom stereocenters. The fourth-order valence-corrected chi connectivity index (χ4v) is 13.8. The molecule has 4 nitrogen and oxygen atoms in total. The predicted molar refractivity (Wildman–Crippen MR) is 198 cm³/mol. The number of allylic oxidation sites excluding steroid dienone is 3. The molecular weight excluding hydrogens is 590 g/mol. The van der Waals surface area contributed by atoms with Crippen molar-refractivity contribution in [3.63, 3.8) is 0 Å². The lowest BCUT2D eigenvalue weighted by Crippen LogP contribution is -2.65. The van der Waals surface area contributed by atoms with Gasteiger partial charge in [0.2, 0.25) is 0 Å². The Morgan fingerprint density at radius 2 is 1.56 bits per heavy atom. The zero-order chi connectivity index (χ0) is 34.9. The van der Waals surface area contributed by atoms with E-state index in [9.17, 15) is 14.7 Å². The summed E-state index contributed by atoms with van der Waals surface area (Å²) in [7, 11) is 0. The molecule has 1 aromatic rings. The van der Waals surface area contributed by atoms with Crippen LogP contribution < -0.4 is 0 Å². The molecule has 0 amide bonds. The largest absolute Gasteiger partial charge is 0.478 e. The number of ketones is 1. The second-order valence-electron chi connectivity index (χ2n) is 18.3. The van der Waals surface area contributed by atoms with Crippen LogP contribution in [0.2, 0.25) is 0 Å². The van der Waals surface area contributed by atoms with Crippen molar-refractivity contribution in [2.75, 3.05) is 19.6 Å². The first-order chi connectivity index (χ1) is 22.6. The Kier molecular flexibility index (Phi) is 9.30. The highest BCUT2D eigenvalue weighted by molar-refractivity contribution is 5.88. The SMILES string of the molecule is C=C(C)[C@@H]1CC[C@]2(C(=O)CCCN(CC)CC)CC[C@]3(C)[C@H](CC[C@@H]4[C@@]5(C)CC=C(c6ccc(C(=O)O)cc6)C(C)(C)[C@@H]5CC[C@]43C)[C@@H]12. The number of fused-ring (bicyclic) bond motifs is 7. The van der Waals surface area contributed by atoms with Gasteiger partial charge in [0.25, 0.3) is 0 Å². The van der Waals surface area contributed by atoms with Crippen molar-refractivity contribution in [3.05, 3.63) is 53.6 Å². The molecule has 9 atom stereocenters. The molecule has 5 aliphatic rings. The van der Waals surface area contributed by atoms with E-state index in [0.29, 0.717) is 40.9 Å². The molecule has 4 saturated carbocycles. The Morgan fingerprint density at radius 3 is 2.19 bits per heavy atom. The van der Waals surface area contributed by atoms with E-state index in [1.807, 2.05) is 12.1 Å². The fraction of sp³-hybridized carbons (Fsp3) is 0.727. The van der Waals surface area contributed by atoms with Crippen LogP contribution in [0.3, 0.4) is 0 Å². The molecule has 0 heterocycles. The zero-order valence-electron chi connectivity index (χ0n) is 31.6. The van der Waals surface area contributed by atoms with Gasteiger partial charge < -0.3 is 10.0 Å². The van der Waals surface area contributed by atoms with Crippen molar-refractivity contribution in [2.45, 2.75) is 126 Å². The number of carbonyl (C=O) groups excluding carboxylic acids is 1. The van der Waals surface area contributed by atoms with Gasteiger partial charge in [0, 0.05) is 11.8 Å². The Bertz CT molecular complexity index is 1450. The fourth-order valence-electron chi connectivity index (χ4n) is 13.8. The topological polar surface area (TPSA) is 57.6 Å². The highest BCUT2D eigenvalue weighted by Gasteiger charge is 2.71. The summed E-state index contributed by atoms with van der Waals surface area (Å²) in [5.41, 5.74) is 4.76. The van der Waals surface area contributed by atoms with Crippen LogP contribution in [0.1, 0.15) is 142 Å². The Balaban J connectivity index is 1.30. The van der Waals surface area contributed by atoms with Crippen LogP contribution in [0.25, 0.3) is 5.57 Å². The highest BCUT2D eigenvalue weighted by Crippen LogP contribution is 2.78. The maximum absolute atomic E-state index is 14.5. The molecule has 0 bridgehead atoms. The van der Waals surface area contributed by atoms with Crippen molar-refractivity contribution >= 4 is 17.3 Å². The molecule has 4 heteroatoms. The number of Topliss-reactive ketones (excluding diaryl/α,β-unsaturated/α-hetero) is 1. The van der Waals surface area contributed by atoms with E-state index in [4.69, 9.17) is 0 Å². The summed E-state index contributed by atoms with van der Waals surface area (Å²) in [5.74, 6) is 2.44. The third-order valence-corrected chi connectivity index (χ3v) is 16.4. The molecule has 0 radical (unpaired) electrons. The van der Waals surface area contributed by atoms with Gasteiger partial charge in [-0.2, -0.15) is 0 Å². The van der Waals surface area contributed by atoms with E-state index in [1.54, 1.807) is 12.1 Å². The molecule has 48 heavy (non-hydrogen) atoms. The summed E-state index contributed by atoms with van der Waals surface area (Å²) in [5, 5.41) is 9.48. The summed E-state index contributed by atoms with van der Waals surface area (Å²) >= 11 is 0. The first-order valence-electron chi connectivity index (χ1n) is 19.6. The average molecular weight is 656 g/mol. The van der Waals surface area contributed by atoms with Gasteiger partial charge in [-0.25, -0.2) is 4.79 Å². The summed E-state index contributed by atoms with van der Waals surface area (Å²) in [6.45, 7) is 27.3. The molecule has 0 spiro atoms. The van der Waals surface area contributed by atoms with Gasteiger partial charge in [-0.05, 0) is 165 Å². The molecule has 0 aliphatic heterocycles. The van der Waals surface area contributed by atoms with E-state index in [-0.39, 0.29) is 27.1 Å². The number of nitrogens with zero attached hydrogens (tertiary/aromatic N) is 1. The average Bonchev–Trinajstić information content (AvgIpc) is 3.45. The molecule has 4 fully saturated rings. The Morgan fingerprint density at radius 1 is 0.875 bits per heavy atom. The van der Waals surface area contributed by atoms with Crippen molar-refractivity contribution in [1.82, 2.24) is 4.90 Å².